The third-order valence-corrected chi connectivity index (χ3v) is 4.13. The predicted molar refractivity (Wildman–Crippen MR) is 90.0 cm³/mol. The maximum absolute atomic E-state index is 11.1. The van der Waals surface area contributed by atoms with Gasteiger partial charge in [0.1, 0.15) is 17.3 Å². The fourth-order valence-corrected chi connectivity index (χ4v) is 3.01. The summed E-state index contributed by atoms with van der Waals surface area (Å²) in [6.07, 6.45) is 6.86. The second-order valence-corrected chi connectivity index (χ2v) is 5.66. The van der Waals surface area contributed by atoms with Crippen LogP contribution in [0.15, 0.2) is 72.0 Å². The lowest BCUT2D eigenvalue weighted by Crippen LogP contribution is -2.11. The smallest absolute Gasteiger partial charge is 0.335 e. The Bertz CT molecular complexity index is 931. The first-order valence-corrected chi connectivity index (χ1v) is 7.60. The molecular weight excluding hydrogens is 304 g/mol. The van der Waals surface area contributed by atoms with Crippen LogP contribution >= 0.6 is 0 Å². The number of carbonyl (C=O) groups is 1. The molecule has 0 amide bonds. The first-order valence-electron chi connectivity index (χ1n) is 7.60. The standard InChI is InChI=1S/C20H14O4/c21-14-9-10-16-18(11-14)24-17-4-2-1-3-15(17)19(16)12-5-7-13(8-6-12)20(22)23/h1,3-11,21H,2H2,(H,22,23). The van der Waals surface area contributed by atoms with Crippen molar-refractivity contribution in [2.75, 3.05) is 0 Å². The molecule has 1 aliphatic carbocycles. The van der Waals surface area contributed by atoms with Gasteiger partial charge in [-0.15, -0.1) is 0 Å². The lowest BCUT2D eigenvalue weighted by atomic mass is 9.87. The van der Waals surface area contributed by atoms with Crippen LogP contribution in [0.2, 0.25) is 0 Å². The molecule has 0 saturated heterocycles. The van der Waals surface area contributed by atoms with E-state index in [1.807, 2.05) is 18.2 Å². The highest BCUT2D eigenvalue weighted by molar-refractivity contribution is 5.92. The minimum Gasteiger partial charge on any atom is -0.508 e. The predicted octanol–water partition coefficient (Wildman–Crippen LogP) is 4.13. The third kappa shape index (κ3) is 2.29. The van der Waals surface area contributed by atoms with Gasteiger partial charge in [0.2, 0.25) is 0 Å². The quantitative estimate of drug-likeness (QED) is 0.874. The van der Waals surface area contributed by atoms with Crippen molar-refractivity contribution in [3.05, 3.63) is 88.7 Å². The van der Waals surface area contributed by atoms with E-state index in [1.54, 1.807) is 36.4 Å². The van der Waals surface area contributed by atoms with Crippen LogP contribution < -0.4 is 4.74 Å². The van der Waals surface area contributed by atoms with Gasteiger partial charge >= 0.3 is 5.97 Å². The number of carboxylic acids is 1. The summed E-state index contributed by atoms with van der Waals surface area (Å²) in [4.78, 5) is 11.1. The number of phenolic OH excluding ortho intramolecular Hbond substituents is 1. The van der Waals surface area contributed by atoms with Gasteiger partial charge in [0.15, 0.2) is 0 Å². The number of aromatic hydroxyl groups is 1. The fraction of sp³-hybridized carbons (Fsp3) is 0.0500. The van der Waals surface area contributed by atoms with Crippen molar-refractivity contribution in [3.8, 4) is 11.5 Å². The van der Waals surface area contributed by atoms with E-state index in [9.17, 15) is 9.90 Å². The summed E-state index contributed by atoms with van der Waals surface area (Å²) < 4.78 is 5.93. The Morgan fingerprint density at radius 2 is 1.88 bits per heavy atom. The first kappa shape index (κ1) is 14.3. The fourth-order valence-electron chi connectivity index (χ4n) is 3.01. The Balaban J connectivity index is 1.94. The molecule has 0 atom stereocenters. The van der Waals surface area contributed by atoms with Gasteiger partial charge in [-0.3, -0.25) is 0 Å². The summed E-state index contributed by atoms with van der Waals surface area (Å²) in [5, 5.41) is 18.8. The van der Waals surface area contributed by atoms with Crippen LogP contribution in [0.5, 0.6) is 11.5 Å². The molecule has 4 rings (SSSR count). The molecule has 0 unspecified atom stereocenters. The molecule has 118 valence electrons. The van der Waals surface area contributed by atoms with Crippen LogP contribution in [-0.2, 0) is 0 Å². The highest BCUT2D eigenvalue weighted by Gasteiger charge is 2.25. The zero-order valence-electron chi connectivity index (χ0n) is 12.7. The molecule has 0 spiro atoms. The molecule has 0 saturated carbocycles. The molecule has 4 heteroatoms. The number of carboxylic acid groups (broad SMARTS) is 1. The number of rotatable bonds is 2. The Kier molecular flexibility index (Phi) is 3.24. The number of allylic oxidation sites excluding steroid dienone is 3. The lowest BCUT2D eigenvalue weighted by molar-refractivity contribution is 0.0697. The van der Waals surface area contributed by atoms with Crippen molar-refractivity contribution in [2.24, 2.45) is 0 Å². The summed E-state index contributed by atoms with van der Waals surface area (Å²) >= 11 is 0. The number of benzene rings is 2. The molecule has 0 fully saturated rings. The Labute approximate surface area is 138 Å². The Hall–Kier alpha value is -3.27. The highest BCUT2D eigenvalue weighted by Crippen LogP contribution is 2.44. The van der Waals surface area contributed by atoms with E-state index in [4.69, 9.17) is 9.84 Å². The molecule has 2 N–H and O–H groups in total. The van der Waals surface area contributed by atoms with Crippen LogP contribution in [0, 0.1) is 0 Å². The van der Waals surface area contributed by atoms with Crippen LogP contribution in [0.25, 0.3) is 5.57 Å². The summed E-state index contributed by atoms with van der Waals surface area (Å²) in [5.41, 5.74) is 3.95. The van der Waals surface area contributed by atoms with Gasteiger partial charge in [-0.25, -0.2) is 4.79 Å². The summed E-state index contributed by atoms with van der Waals surface area (Å²) in [6.45, 7) is 0. The van der Waals surface area contributed by atoms with Crippen LogP contribution in [0.4, 0.5) is 0 Å². The van der Waals surface area contributed by atoms with Crippen molar-refractivity contribution < 1.29 is 19.7 Å². The normalized spacial score (nSPS) is 15.2. The van der Waals surface area contributed by atoms with Crippen molar-refractivity contribution in [1.82, 2.24) is 0 Å². The van der Waals surface area contributed by atoms with Crippen LogP contribution in [0.3, 0.4) is 0 Å². The van der Waals surface area contributed by atoms with Crippen molar-refractivity contribution in [2.45, 2.75) is 6.42 Å². The average Bonchev–Trinajstić information content (AvgIpc) is 2.59. The first-order chi connectivity index (χ1) is 11.6. The maximum Gasteiger partial charge on any atom is 0.335 e. The molecule has 0 bridgehead atoms. The number of fused-ring (bicyclic) bond motifs is 2. The zero-order valence-corrected chi connectivity index (χ0v) is 12.7. The van der Waals surface area contributed by atoms with Gasteiger partial charge in [-0.1, -0.05) is 24.3 Å². The molecule has 1 heterocycles. The third-order valence-electron chi connectivity index (χ3n) is 4.13. The number of hydrogen-bond acceptors (Lipinski definition) is 3. The maximum atomic E-state index is 11.1. The van der Waals surface area contributed by atoms with Crippen LogP contribution in [0.1, 0.15) is 27.9 Å². The average molecular weight is 318 g/mol. The van der Waals surface area contributed by atoms with E-state index in [0.29, 0.717) is 5.75 Å². The van der Waals surface area contributed by atoms with Gasteiger partial charge in [0.25, 0.3) is 0 Å². The van der Waals surface area contributed by atoms with E-state index in [0.717, 1.165) is 34.5 Å². The summed E-state index contributed by atoms with van der Waals surface area (Å²) in [7, 11) is 0. The van der Waals surface area contributed by atoms with Gasteiger partial charge < -0.3 is 14.9 Å². The molecule has 4 nitrogen and oxygen atoms in total. The largest absolute Gasteiger partial charge is 0.508 e. The monoisotopic (exact) mass is 318 g/mol. The van der Waals surface area contributed by atoms with Crippen molar-refractivity contribution >= 4 is 11.5 Å². The SMILES string of the molecule is O=C(O)c1ccc(C2=C3C=CCC=C3Oc3cc(O)ccc32)cc1. The second-order valence-electron chi connectivity index (χ2n) is 5.66. The van der Waals surface area contributed by atoms with Crippen molar-refractivity contribution in [3.63, 3.8) is 0 Å². The Morgan fingerprint density at radius 1 is 1.08 bits per heavy atom. The van der Waals surface area contributed by atoms with Gasteiger partial charge in [-0.05, 0) is 42.3 Å². The van der Waals surface area contributed by atoms with E-state index < -0.39 is 5.97 Å². The molecule has 2 aromatic carbocycles. The topological polar surface area (TPSA) is 66.8 Å². The van der Waals surface area contributed by atoms with Gasteiger partial charge in [0, 0.05) is 22.8 Å². The molecule has 2 aliphatic rings. The minimum absolute atomic E-state index is 0.143. The van der Waals surface area contributed by atoms with Gasteiger partial charge in [0.05, 0.1) is 5.56 Å². The van der Waals surface area contributed by atoms with E-state index in [2.05, 4.69) is 6.08 Å². The van der Waals surface area contributed by atoms with Crippen LogP contribution in [-0.4, -0.2) is 16.2 Å². The Morgan fingerprint density at radius 3 is 2.62 bits per heavy atom. The second kappa shape index (κ2) is 5.42. The number of phenols is 1. The number of aromatic carboxylic acids is 1. The molecule has 0 radical (unpaired) electrons. The molecule has 0 aromatic heterocycles. The highest BCUT2D eigenvalue weighted by atomic mass is 16.5. The molecule has 2 aromatic rings. The molecular formula is C20H14O4. The summed E-state index contributed by atoms with van der Waals surface area (Å²) in [5.74, 6) is 0.546. The number of hydrogen-bond donors (Lipinski definition) is 2. The lowest BCUT2D eigenvalue weighted by Gasteiger charge is -2.26. The number of ether oxygens (including phenoxy) is 1. The van der Waals surface area contributed by atoms with Gasteiger partial charge in [-0.2, -0.15) is 0 Å². The van der Waals surface area contributed by atoms with E-state index in [-0.39, 0.29) is 11.3 Å². The molecule has 24 heavy (non-hydrogen) atoms. The zero-order chi connectivity index (χ0) is 16.7. The van der Waals surface area contributed by atoms with Crippen molar-refractivity contribution in [1.29, 1.82) is 0 Å². The van der Waals surface area contributed by atoms with E-state index in [1.165, 1.54) is 0 Å². The minimum atomic E-state index is -0.949. The summed E-state index contributed by atoms with van der Waals surface area (Å²) in [6, 6.07) is 11.8. The van der Waals surface area contributed by atoms with E-state index >= 15 is 0 Å². The molecule has 1 aliphatic heterocycles.